The standard InChI is InChI=1S/C15H22N2S/c1-4-5-6-7-12(3)16-15-17-13-9-8-11(2)10-14(13)18-15/h8-10,12H,4-7H2,1-3H3,(H,16,17). The van der Waals surface area contributed by atoms with Crippen molar-refractivity contribution >= 4 is 26.7 Å². The predicted molar refractivity (Wildman–Crippen MR) is 81.6 cm³/mol. The number of hydrogen-bond donors (Lipinski definition) is 1. The molecule has 0 saturated heterocycles. The molecule has 2 nitrogen and oxygen atoms in total. The van der Waals surface area contributed by atoms with Crippen LogP contribution < -0.4 is 5.32 Å². The highest BCUT2D eigenvalue weighted by molar-refractivity contribution is 7.22. The fourth-order valence-corrected chi connectivity index (χ4v) is 3.15. The van der Waals surface area contributed by atoms with Gasteiger partial charge in [0, 0.05) is 6.04 Å². The smallest absolute Gasteiger partial charge is 0.183 e. The molecule has 0 fully saturated rings. The Kier molecular flexibility index (Phi) is 4.59. The summed E-state index contributed by atoms with van der Waals surface area (Å²) in [7, 11) is 0. The molecule has 0 radical (unpaired) electrons. The lowest BCUT2D eigenvalue weighted by atomic mass is 10.1. The highest BCUT2D eigenvalue weighted by Crippen LogP contribution is 2.27. The Labute approximate surface area is 113 Å². The van der Waals surface area contributed by atoms with E-state index < -0.39 is 0 Å². The van der Waals surface area contributed by atoms with Crippen LogP contribution in [0.4, 0.5) is 5.13 Å². The van der Waals surface area contributed by atoms with E-state index in [9.17, 15) is 0 Å². The molecular formula is C15H22N2S. The van der Waals surface area contributed by atoms with Crippen molar-refractivity contribution < 1.29 is 0 Å². The van der Waals surface area contributed by atoms with Crippen molar-refractivity contribution in [3.05, 3.63) is 23.8 Å². The Morgan fingerprint density at radius 2 is 2.17 bits per heavy atom. The zero-order valence-electron chi connectivity index (χ0n) is 11.5. The van der Waals surface area contributed by atoms with Gasteiger partial charge in [-0.3, -0.25) is 0 Å². The van der Waals surface area contributed by atoms with Gasteiger partial charge in [0.1, 0.15) is 0 Å². The van der Waals surface area contributed by atoms with Crippen LogP contribution in [0.2, 0.25) is 0 Å². The number of hydrogen-bond acceptors (Lipinski definition) is 3. The second-order valence-corrected chi connectivity index (χ2v) is 6.06. The third-order valence-corrected chi connectivity index (χ3v) is 4.10. The molecule has 3 heteroatoms. The molecule has 0 aliphatic rings. The van der Waals surface area contributed by atoms with Gasteiger partial charge in [-0.15, -0.1) is 0 Å². The Morgan fingerprint density at radius 3 is 2.94 bits per heavy atom. The van der Waals surface area contributed by atoms with Gasteiger partial charge in [-0.1, -0.05) is 43.6 Å². The van der Waals surface area contributed by atoms with E-state index in [0.29, 0.717) is 6.04 Å². The summed E-state index contributed by atoms with van der Waals surface area (Å²) < 4.78 is 1.28. The van der Waals surface area contributed by atoms with Crippen molar-refractivity contribution in [2.75, 3.05) is 5.32 Å². The molecular weight excluding hydrogens is 240 g/mol. The Morgan fingerprint density at radius 1 is 1.33 bits per heavy atom. The van der Waals surface area contributed by atoms with Crippen LogP contribution in [0, 0.1) is 6.92 Å². The highest BCUT2D eigenvalue weighted by Gasteiger charge is 2.07. The van der Waals surface area contributed by atoms with Gasteiger partial charge in [0.15, 0.2) is 5.13 Å². The van der Waals surface area contributed by atoms with E-state index in [1.54, 1.807) is 11.3 Å². The minimum absolute atomic E-state index is 0.512. The summed E-state index contributed by atoms with van der Waals surface area (Å²) in [6.07, 6.45) is 5.13. The minimum atomic E-state index is 0.512. The van der Waals surface area contributed by atoms with E-state index in [1.165, 1.54) is 35.9 Å². The molecule has 1 aromatic carbocycles. The molecule has 0 aliphatic heterocycles. The number of thiazole rings is 1. The zero-order valence-corrected chi connectivity index (χ0v) is 12.3. The van der Waals surface area contributed by atoms with Crippen LogP contribution in [0.5, 0.6) is 0 Å². The van der Waals surface area contributed by atoms with Crippen molar-refractivity contribution in [2.45, 2.75) is 52.5 Å². The number of unbranched alkanes of at least 4 members (excludes halogenated alkanes) is 2. The number of aryl methyl sites for hydroxylation is 1. The predicted octanol–water partition coefficient (Wildman–Crippen LogP) is 4.99. The fourth-order valence-electron chi connectivity index (χ4n) is 2.08. The lowest BCUT2D eigenvalue weighted by Crippen LogP contribution is -2.14. The Hall–Kier alpha value is -1.09. The molecule has 98 valence electrons. The van der Waals surface area contributed by atoms with E-state index in [4.69, 9.17) is 0 Å². The summed E-state index contributed by atoms with van der Waals surface area (Å²) in [5.41, 5.74) is 2.41. The van der Waals surface area contributed by atoms with Crippen LogP contribution in [0.1, 0.15) is 45.1 Å². The van der Waals surface area contributed by atoms with Crippen molar-refractivity contribution in [1.29, 1.82) is 0 Å². The second-order valence-electron chi connectivity index (χ2n) is 5.03. The molecule has 1 atom stereocenters. The van der Waals surface area contributed by atoms with E-state index >= 15 is 0 Å². The van der Waals surface area contributed by atoms with Crippen LogP contribution in [0.25, 0.3) is 10.2 Å². The average Bonchev–Trinajstić information content (AvgIpc) is 2.70. The largest absolute Gasteiger partial charge is 0.359 e. The summed E-state index contributed by atoms with van der Waals surface area (Å²) in [5.74, 6) is 0. The topological polar surface area (TPSA) is 24.9 Å². The number of anilines is 1. The number of benzene rings is 1. The normalized spacial score (nSPS) is 12.8. The molecule has 0 bridgehead atoms. The lowest BCUT2D eigenvalue weighted by Gasteiger charge is -2.11. The second kappa shape index (κ2) is 6.19. The third-order valence-electron chi connectivity index (χ3n) is 3.15. The maximum Gasteiger partial charge on any atom is 0.183 e. The van der Waals surface area contributed by atoms with E-state index in [0.717, 1.165) is 10.6 Å². The van der Waals surface area contributed by atoms with E-state index in [-0.39, 0.29) is 0 Å². The summed E-state index contributed by atoms with van der Waals surface area (Å²) >= 11 is 1.76. The van der Waals surface area contributed by atoms with Crippen LogP contribution in [-0.2, 0) is 0 Å². The first kappa shape index (κ1) is 13.3. The van der Waals surface area contributed by atoms with Gasteiger partial charge in [-0.25, -0.2) is 4.98 Å². The third kappa shape index (κ3) is 3.45. The zero-order chi connectivity index (χ0) is 13.0. The number of nitrogens with zero attached hydrogens (tertiary/aromatic N) is 1. The van der Waals surface area contributed by atoms with Crippen LogP contribution in [0.3, 0.4) is 0 Å². The summed E-state index contributed by atoms with van der Waals surface area (Å²) in [5, 5.41) is 4.57. The molecule has 0 spiro atoms. The summed E-state index contributed by atoms with van der Waals surface area (Å²) in [4.78, 5) is 4.63. The van der Waals surface area contributed by atoms with Crippen molar-refractivity contribution in [3.8, 4) is 0 Å². The monoisotopic (exact) mass is 262 g/mol. The molecule has 1 heterocycles. The molecule has 1 aromatic heterocycles. The van der Waals surface area contributed by atoms with Crippen molar-refractivity contribution in [2.24, 2.45) is 0 Å². The maximum atomic E-state index is 4.63. The molecule has 0 aliphatic carbocycles. The molecule has 0 amide bonds. The molecule has 0 saturated carbocycles. The minimum Gasteiger partial charge on any atom is -0.359 e. The SMILES string of the molecule is CCCCCC(C)Nc1nc2ccc(C)cc2s1. The lowest BCUT2D eigenvalue weighted by molar-refractivity contribution is 0.615. The fraction of sp³-hybridized carbons (Fsp3) is 0.533. The van der Waals surface area contributed by atoms with E-state index in [1.807, 2.05) is 0 Å². The van der Waals surface area contributed by atoms with Gasteiger partial charge in [0.25, 0.3) is 0 Å². The van der Waals surface area contributed by atoms with Gasteiger partial charge in [0.05, 0.1) is 10.2 Å². The first-order chi connectivity index (χ1) is 8.69. The van der Waals surface area contributed by atoms with Gasteiger partial charge in [-0.05, 0) is 38.0 Å². The Balaban J connectivity index is 1.98. The quantitative estimate of drug-likeness (QED) is 0.742. The number of fused-ring (bicyclic) bond motifs is 1. The van der Waals surface area contributed by atoms with Gasteiger partial charge in [-0.2, -0.15) is 0 Å². The van der Waals surface area contributed by atoms with Crippen molar-refractivity contribution in [3.63, 3.8) is 0 Å². The average molecular weight is 262 g/mol. The number of nitrogens with one attached hydrogen (secondary N) is 1. The number of rotatable bonds is 6. The molecule has 1 N–H and O–H groups in total. The van der Waals surface area contributed by atoms with Gasteiger partial charge in [0.2, 0.25) is 0 Å². The molecule has 2 rings (SSSR count). The first-order valence-corrected chi connectivity index (χ1v) is 7.64. The summed E-state index contributed by atoms with van der Waals surface area (Å²) in [6.45, 7) is 6.61. The maximum absolute atomic E-state index is 4.63. The Bertz CT molecular complexity index is 504. The highest BCUT2D eigenvalue weighted by atomic mass is 32.1. The molecule has 1 unspecified atom stereocenters. The van der Waals surface area contributed by atoms with Crippen LogP contribution >= 0.6 is 11.3 Å². The molecule has 2 aromatic rings. The van der Waals surface area contributed by atoms with Gasteiger partial charge < -0.3 is 5.32 Å². The van der Waals surface area contributed by atoms with Crippen LogP contribution in [-0.4, -0.2) is 11.0 Å². The first-order valence-electron chi connectivity index (χ1n) is 6.82. The van der Waals surface area contributed by atoms with Crippen molar-refractivity contribution in [1.82, 2.24) is 4.98 Å². The number of aromatic nitrogens is 1. The van der Waals surface area contributed by atoms with E-state index in [2.05, 4.69) is 49.3 Å². The molecule has 18 heavy (non-hydrogen) atoms. The van der Waals surface area contributed by atoms with Crippen LogP contribution in [0.15, 0.2) is 18.2 Å². The van der Waals surface area contributed by atoms with Gasteiger partial charge >= 0.3 is 0 Å². The summed E-state index contributed by atoms with van der Waals surface area (Å²) in [6, 6.07) is 6.95.